The van der Waals surface area contributed by atoms with Crippen molar-refractivity contribution in [2.24, 2.45) is 4.99 Å². The molecule has 6 nitrogen and oxygen atoms in total. The number of thiophene rings is 1. The number of aromatic hydroxyl groups is 1. The first-order valence-corrected chi connectivity index (χ1v) is 10.2. The zero-order chi connectivity index (χ0) is 20.9. The second-order valence-electron chi connectivity index (χ2n) is 6.25. The number of rotatable bonds is 6. The molecule has 2 aromatic carbocycles. The first-order chi connectivity index (χ1) is 14.7. The lowest BCUT2D eigenvalue weighted by Gasteiger charge is -2.05. The molecule has 2 aromatic heterocycles. The van der Waals surface area contributed by atoms with E-state index in [2.05, 4.69) is 9.98 Å². The molecular formula is C23H18N2O4S. The van der Waals surface area contributed by atoms with Crippen LogP contribution in [0.2, 0.25) is 0 Å². The maximum atomic E-state index is 12.6. The zero-order valence-corrected chi connectivity index (χ0v) is 16.9. The highest BCUT2D eigenvalue weighted by Crippen LogP contribution is 2.38. The van der Waals surface area contributed by atoms with Gasteiger partial charge < -0.3 is 14.3 Å². The zero-order valence-electron chi connectivity index (χ0n) is 16.1. The van der Waals surface area contributed by atoms with Crippen LogP contribution in [0.25, 0.3) is 22.6 Å². The number of hydrogen-bond donors (Lipinski definition) is 1. The van der Waals surface area contributed by atoms with Gasteiger partial charge in [-0.2, -0.15) is 0 Å². The molecule has 0 aliphatic heterocycles. The Balaban J connectivity index is 1.70. The van der Waals surface area contributed by atoms with Crippen LogP contribution >= 0.6 is 11.3 Å². The summed E-state index contributed by atoms with van der Waals surface area (Å²) < 4.78 is 10.6. The van der Waals surface area contributed by atoms with E-state index in [4.69, 9.17) is 9.15 Å². The minimum atomic E-state index is -0.445. The van der Waals surface area contributed by atoms with Gasteiger partial charge in [-0.15, -0.1) is 11.3 Å². The van der Waals surface area contributed by atoms with Crippen molar-refractivity contribution in [3.63, 3.8) is 0 Å². The Bertz CT molecular complexity index is 1180. The van der Waals surface area contributed by atoms with Crippen LogP contribution in [-0.4, -0.2) is 28.9 Å². The van der Waals surface area contributed by atoms with Crippen molar-refractivity contribution in [1.29, 1.82) is 0 Å². The Kier molecular flexibility index (Phi) is 5.72. The van der Waals surface area contributed by atoms with Gasteiger partial charge in [0.25, 0.3) is 0 Å². The number of oxazole rings is 1. The summed E-state index contributed by atoms with van der Waals surface area (Å²) in [6.45, 7) is 2.02. The van der Waals surface area contributed by atoms with Crippen LogP contribution < -0.4 is 0 Å². The van der Waals surface area contributed by atoms with E-state index in [-0.39, 0.29) is 24.1 Å². The van der Waals surface area contributed by atoms with Gasteiger partial charge in [0.2, 0.25) is 5.89 Å². The lowest BCUT2D eigenvalue weighted by molar-refractivity contribution is 0.0529. The third-order valence-corrected chi connectivity index (χ3v) is 5.18. The SMILES string of the molecule is CCOC(=O)c1c(-c2ccccc2)csc1/N=C\c1nc(-c2ccccc2)oc1O. The number of carbonyl (C=O) groups excluding carboxylic acids is 1. The van der Waals surface area contributed by atoms with Gasteiger partial charge in [-0.1, -0.05) is 48.5 Å². The molecule has 0 bridgehead atoms. The Labute approximate surface area is 177 Å². The highest BCUT2D eigenvalue weighted by Gasteiger charge is 2.21. The lowest BCUT2D eigenvalue weighted by atomic mass is 10.0. The van der Waals surface area contributed by atoms with E-state index >= 15 is 0 Å². The first kappa shape index (κ1) is 19.6. The van der Waals surface area contributed by atoms with Gasteiger partial charge in [0.1, 0.15) is 10.6 Å². The van der Waals surface area contributed by atoms with E-state index in [1.54, 1.807) is 6.92 Å². The van der Waals surface area contributed by atoms with Crippen LogP contribution in [0.15, 0.2) is 75.5 Å². The molecule has 0 fully saturated rings. The molecule has 4 aromatic rings. The molecule has 0 radical (unpaired) electrons. The number of esters is 1. The van der Waals surface area contributed by atoms with Gasteiger partial charge in [0, 0.05) is 16.5 Å². The van der Waals surface area contributed by atoms with Crippen LogP contribution in [0.3, 0.4) is 0 Å². The van der Waals surface area contributed by atoms with Crippen LogP contribution in [-0.2, 0) is 4.74 Å². The molecule has 0 amide bonds. The van der Waals surface area contributed by atoms with Gasteiger partial charge >= 0.3 is 11.9 Å². The number of hydrogen-bond acceptors (Lipinski definition) is 7. The van der Waals surface area contributed by atoms with E-state index in [1.165, 1.54) is 17.6 Å². The third kappa shape index (κ3) is 4.01. The highest BCUT2D eigenvalue weighted by molar-refractivity contribution is 7.14. The van der Waals surface area contributed by atoms with Gasteiger partial charge in [0.15, 0.2) is 5.69 Å². The molecule has 0 atom stereocenters. The van der Waals surface area contributed by atoms with Crippen molar-refractivity contribution >= 4 is 28.5 Å². The molecule has 4 rings (SSSR count). The summed E-state index contributed by atoms with van der Waals surface area (Å²) in [6, 6.07) is 18.8. The van der Waals surface area contributed by atoms with Gasteiger partial charge in [-0.3, -0.25) is 0 Å². The van der Waals surface area contributed by atoms with E-state index < -0.39 is 5.97 Å². The molecule has 2 heterocycles. The predicted octanol–water partition coefficient (Wildman–Crippen LogP) is 5.70. The topological polar surface area (TPSA) is 84.9 Å². The fourth-order valence-corrected chi connectivity index (χ4v) is 3.81. The van der Waals surface area contributed by atoms with Crippen molar-refractivity contribution in [2.45, 2.75) is 6.92 Å². The summed E-state index contributed by atoms with van der Waals surface area (Å²) in [5.74, 6) is -0.495. The third-order valence-electron chi connectivity index (χ3n) is 4.30. The molecule has 0 saturated heterocycles. The fourth-order valence-electron chi connectivity index (χ4n) is 2.91. The van der Waals surface area contributed by atoms with Crippen LogP contribution in [0, 0.1) is 0 Å². The minimum absolute atomic E-state index is 0.179. The largest absolute Gasteiger partial charge is 0.479 e. The summed E-state index contributed by atoms with van der Waals surface area (Å²) in [5.41, 5.74) is 2.95. The van der Waals surface area contributed by atoms with E-state index in [9.17, 15) is 9.90 Å². The van der Waals surface area contributed by atoms with E-state index in [0.29, 0.717) is 10.6 Å². The van der Waals surface area contributed by atoms with Crippen LogP contribution in [0.1, 0.15) is 23.0 Å². The Hall–Kier alpha value is -3.71. The van der Waals surface area contributed by atoms with Gasteiger partial charge in [-0.25, -0.2) is 14.8 Å². The fraction of sp³-hybridized carbons (Fsp3) is 0.0870. The van der Waals surface area contributed by atoms with Crippen molar-refractivity contribution in [3.8, 4) is 28.5 Å². The minimum Gasteiger partial charge on any atom is -0.479 e. The van der Waals surface area contributed by atoms with Crippen molar-refractivity contribution in [2.75, 3.05) is 6.61 Å². The predicted molar refractivity (Wildman–Crippen MR) is 117 cm³/mol. The quantitative estimate of drug-likeness (QED) is 0.320. The maximum absolute atomic E-state index is 12.6. The number of aromatic nitrogens is 1. The van der Waals surface area contributed by atoms with Crippen LogP contribution in [0.4, 0.5) is 5.00 Å². The lowest BCUT2D eigenvalue weighted by Crippen LogP contribution is -2.05. The second kappa shape index (κ2) is 8.75. The Morgan fingerprint density at radius 3 is 2.47 bits per heavy atom. The molecule has 1 N–H and O–H groups in total. The van der Waals surface area contributed by atoms with Gasteiger partial charge in [0.05, 0.1) is 12.8 Å². The number of ether oxygens (including phenoxy) is 1. The standard InChI is InChI=1S/C23H18N2O4S/c1-2-28-23(27)19-17(15-9-5-3-6-10-15)14-30-21(19)24-13-18-22(26)29-20(25-18)16-11-7-4-8-12-16/h3-14,26H,2H2,1H3/b24-13-. The number of aliphatic imine (C=N–C) groups is 1. The molecular weight excluding hydrogens is 400 g/mol. The Morgan fingerprint density at radius 2 is 1.80 bits per heavy atom. The highest BCUT2D eigenvalue weighted by atomic mass is 32.1. The Morgan fingerprint density at radius 1 is 1.13 bits per heavy atom. The van der Waals surface area contributed by atoms with Crippen LogP contribution in [0.5, 0.6) is 5.95 Å². The maximum Gasteiger partial charge on any atom is 0.341 e. The molecule has 0 unspecified atom stereocenters. The summed E-state index contributed by atoms with van der Waals surface area (Å²) in [5, 5.41) is 12.4. The average Bonchev–Trinajstić information content (AvgIpc) is 3.37. The molecule has 0 saturated carbocycles. The van der Waals surface area contributed by atoms with E-state index in [1.807, 2.05) is 66.0 Å². The van der Waals surface area contributed by atoms with Crippen molar-refractivity contribution in [3.05, 3.63) is 77.3 Å². The number of nitrogens with zero attached hydrogens (tertiary/aromatic N) is 2. The van der Waals surface area contributed by atoms with Crippen molar-refractivity contribution < 1.29 is 19.1 Å². The van der Waals surface area contributed by atoms with Gasteiger partial charge in [-0.05, 0) is 24.6 Å². The number of benzene rings is 2. The second-order valence-corrected chi connectivity index (χ2v) is 7.11. The molecule has 7 heteroatoms. The first-order valence-electron chi connectivity index (χ1n) is 9.30. The molecule has 0 aliphatic rings. The molecule has 0 spiro atoms. The number of carbonyl (C=O) groups is 1. The summed E-state index contributed by atoms with van der Waals surface area (Å²) in [4.78, 5) is 21.3. The smallest absolute Gasteiger partial charge is 0.341 e. The summed E-state index contributed by atoms with van der Waals surface area (Å²) in [7, 11) is 0. The monoisotopic (exact) mass is 418 g/mol. The summed E-state index contributed by atoms with van der Waals surface area (Å²) >= 11 is 1.31. The van der Waals surface area contributed by atoms with E-state index in [0.717, 1.165) is 16.7 Å². The normalized spacial score (nSPS) is 11.1. The average molecular weight is 418 g/mol. The molecule has 0 aliphatic carbocycles. The molecule has 30 heavy (non-hydrogen) atoms. The molecule has 150 valence electrons. The summed E-state index contributed by atoms with van der Waals surface area (Å²) in [6.07, 6.45) is 1.38. The van der Waals surface area contributed by atoms with Crippen molar-refractivity contribution in [1.82, 2.24) is 4.98 Å².